The van der Waals surface area contributed by atoms with Gasteiger partial charge in [-0.05, 0) is 35.7 Å². The Kier molecular flexibility index (Phi) is 3.43. The van der Waals surface area contributed by atoms with E-state index in [1.54, 1.807) is 18.3 Å². The third-order valence-electron chi connectivity index (χ3n) is 3.68. The molecule has 2 aromatic rings. The maximum atomic E-state index is 11.4. The molecule has 1 aromatic carbocycles. The standard InChI is InChI=1S/C15H16N2O3S/c1-21(19,20)12-6-4-10(5-7-12)14(18)13-9-11-3-2-8-16-15(11)17-13/h2-8,13-14,18H,9H2,1H3,(H,16,17). The van der Waals surface area contributed by atoms with Gasteiger partial charge in [0.15, 0.2) is 9.84 Å². The van der Waals surface area contributed by atoms with E-state index in [0.717, 1.165) is 11.4 Å². The molecule has 0 fully saturated rings. The highest BCUT2D eigenvalue weighted by atomic mass is 32.2. The van der Waals surface area contributed by atoms with Crippen molar-refractivity contribution in [2.45, 2.75) is 23.5 Å². The van der Waals surface area contributed by atoms with Crippen LogP contribution in [0.4, 0.5) is 5.82 Å². The molecule has 21 heavy (non-hydrogen) atoms. The molecule has 0 radical (unpaired) electrons. The fourth-order valence-corrected chi connectivity index (χ4v) is 3.16. The summed E-state index contributed by atoms with van der Waals surface area (Å²) in [7, 11) is -3.22. The predicted molar refractivity (Wildman–Crippen MR) is 79.9 cm³/mol. The van der Waals surface area contributed by atoms with E-state index in [0.29, 0.717) is 12.0 Å². The highest BCUT2D eigenvalue weighted by molar-refractivity contribution is 7.90. The summed E-state index contributed by atoms with van der Waals surface area (Å²) in [6, 6.07) is 10.0. The van der Waals surface area contributed by atoms with Gasteiger partial charge in [-0.2, -0.15) is 0 Å². The van der Waals surface area contributed by atoms with Crippen LogP contribution in [-0.2, 0) is 16.3 Å². The number of aliphatic hydroxyl groups excluding tert-OH is 1. The number of nitrogens with one attached hydrogen (secondary N) is 1. The maximum absolute atomic E-state index is 11.4. The molecule has 2 unspecified atom stereocenters. The van der Waals surface area contributed by atoms with Gasteiger partial charge in [-0.1, -0.05) is 18.2 Å². The second-order valence-corrected chi connectivity index (χ2v) is 7.27. The van der Waals surface area contributed by atoms with Gasteiger partial charge in [0.25, 0.3) is 0 Å². The third-order valence-corrected chi connectivity index (χ3v) is 4.81. The minimum absolute atomic E-state index is 0.154. The van der Waals surface area contributed by atoms with Crippen molar-refractivity contribution in [3.63, 3.8) is 0 Å². The molecule has 1 aromatic heterocycles. The van der Waals surface area contributed by atoms with Gasteiger partial charge in [-0.15, -0.1) is 0 Å². The van der Waals surface area contributed by atoms with Crippen LogP contribution >= 0.6 is 0 Å². The molecular formula is C15H16N2O3S. The van der Waals surface area contributed by atoms with E-state index in [1.807, 2.05) is 12.1 Å². The molecule has 3 rings (SSSR count). The molecule has 1 aliphatic heterocycles. The van der Waals surface area contributed by atoms with Crippen molar-refractivity contribution in [3.8, 4) is 0 Å². The van der Waals surface area contributed by atoms with Crippen molar-refractivity contribution < 1.29 is 13.5 Å². The zero-order chi connectivity index (χ0) is 15.0. The molecule has 2 heterocycles. The molecule has 5 nitrogen and oxygen atoms in total. The lowest BCUT2D eigenvalue weighted by Gasteiger charge is -2.19. The number of rotatable bonds is 3. The summed E-state index contributed by atoms with van der Waals surface area (Å²) in [5.41, 5.74) is 1.77. The van der Waals surface area contributed by atoms with Gasteiger partial charge in [-0.3, -0.25) is 0 Å². The number of aliphatic hydroxyl groups is 1. The molecule has 2 atom stereocenters. The van der Waals surface area contributed by atoms with Crippen LogP contribution in [0.1, 0.15) is 17.2 Å². The Balaban J connectivity index is 1.79. The van der Waals surface area contributed by atoms with Crippen LogP contribution in [0.2, 0.25) is 0 Å². The second kappa shape index (κ2) is 5.13. The largest absolute Gasteiger partial charge is 0.386 e. The topological polar surface area (TPSA) is 79.3 Å². The molecule has 0 amide bonds. The van der Waals surface area contributed by atoms with Crippen molar-refractivity contribution in [1.82, 2.24) is 4.98 Å². The minimum Gasteiger partial charge on any atom is -0.386 e. The normalized spacial score (nSPS) is 18.9. The van der Waals surface area contributed by atoms with Crippen LogP contribution in [0, 0.1) is 0 Å². The number of nitrogens with zero attached hydrogens (tertiary/aromatic N) is 1. The van der Waals surface area contributed by atoms with Crippen LogP contribution in [0.15, 0.2) is 47.5 Å². The highest BCUT2D eigenvalue weighted by Crippen LogP contribution is 2.30. The summed E-state index contributed by atoms with van der Waals surface area (Å²) in [6.07, 6.45) is 2.85. The van der Waals surface area contributed by atoms with Crippen LogP contribution < -0.4 is 5.32 Å². The van der Waals surface area contributed by atoms with E-state index in [1.165, 1.54) is 18.4 Å². The summed E-state index contributed by atoms with van der Waals surface area (Å²) in [5.74, 6) is 0.800. The van der Waals surface area contributed by atoms with E-state index >= 15 is 0 Å². The Hall–Kier alpha value is -1.92. The molecule has 2 N–H and O–H groups in total. The van der Waals surface area contributed by atoms with Crippen molar-refractivity contribution in [2.24, 2.45) is 0 Å². The zero-order valence-electron chi connectivity index (χ0n) is 11.5. The zero-order valence-corrected chi connectivity index (χ0v) is 12.3. The number of fused-ring (bicyclic) bond motifs is 1. The first-order chi connectivity index (χ1) is 9.95. The molecule has 0 saturated heterocycles. The summed E-state index contributed by atoms with van der Waals surface area (Å²) in [5, 5.41) is 13.6. The van der Waals surface area contributed by atoms with Gasteiger partial charge in [0.05, 0.1) is 17.0 Å². The fourth-order valence-electron chi connectivity index (χ4n) is 2.53. The molecule has 0 saturated carbocycles. The number of hydrogen-bond donors (Lipinski definition) is 2. The summed E-state index contributed by atoms with van der Waals surface area (Å²) in [4.78, 5) is 4.48. The Bertz CT molecular complexity index is 732. The molecule has 1 aliphatic rings. The number of anilines is 1. The van der Waals surface area contributed by atoms with E-state index in [2.05, 4.69) is 10.3 Å². The molecule has 0 aliphatic carbocycles. The quantitative estimate of drug-likeness (QED) is 0.899. The summed E-state index contributed by atoms with van der Waals surface area (Å²) >= 11 is 0. The van der Waals surface area contributed by atoms with Crippen LogP contribution in [0.5, 0.6) is 0 Å². The fraction of sp³-hybridized carbons (Fsp3) is 0.267. The van der Waals surface area contributed by atoms with Gasteiger partial charge < -0.3 is 10.4 Å². The first kappa shape index (κ1) is 14.0. The second-order valence-electron chi connectivity index (χ2n) is 5.25. The van der Waals surface area contributed by atoms with E-state index < -0.39 is 15.9 Å². The highest BCUT2D eigenvalue weighted by Gasteiger charge is 2.28. The minimum atomic E-state index is -3.22. The molecule has 6 heteroatoms. The van der Waals surface area contributed by atoms with Gasteiger partial charge in [0, 0.05) is 12.5 Å². The van der Waals surface area contributed by atoms with E-state index in [4.69, 9.17) is 0 Å². The number of pyridine rings is 1. The Morgan fingerprint density at radius 2 is 2.00 bits per heavy atom. The number of sulfone groups is 1. The smallest absolute Gasteiger partial charge is 0.175 e. The molecule has 0 bridgehead atoms. The summed E-state index contributed by atoms with van der Waals surface area (Å²) < 4.78 is 22.9. The van der Waals surface area contributed by atoms with Crippen molar-refractivity contribution in [3.05, 3.63) is 53.7 Å². The molecule has 0 spiro atoms. The van der Waals surface area contributed by atoms with Crippen LogP contribution in [0.3, 0.4) is 0 Å². The number of aromatic nitrogens is 1. The Morgan fingerprint density at radius 1 is 1.29 bits per heavy atom. The molecule has 110 valence electrons. The number of benzene rings is 1. The SMILES string of the molecule is CS(=O)(=O)c1ccc(C(O)C2Cc3cccnc3N2)cc1. The van der Waals surface area contributed by atoms with Crippen LogP contribution in [-0.4, -0.2) is 30.8 Å². The monoisotopic (exact) mass is 304 g/mol. The van der Waals surface area contributed by atoms with Gasteiger partial charge in [0.1, 0.15) is 5.82 Å². The Labute approximate surface area is 123 Å². The lowest BCUT2D eigenvalue weighted by Crippen LogP contribution is -2.25. The average molecular weight is 304 g/mol. The van der Waals surface area contributed by atoms with Crippen molar-refractivity contribution in [2.75, 3.05) is 11.6 Å². The molecular weight excluding hydrogens is 288 g/mol. The van der Waals surface area contributed by atoms with Gasteiger partial charge in [-0.25, -0.2) is 13.4 Å². The van der Waals surface area contributed by atoms with Gasteiger partial charge >= 0.3 is 0 Å². The predicted octanol–water partition coefficient (Wildman–Crippen LogP) is 1.56. The Morgan fingerprint density at radius 3 is 2.62 bits per heavy atom. The third kappa shape index (κ3) is 2.77. The number of hydrogen-bond acceptors (Lipinski definition) is 5. The van der Waals surface area contributed by atoms with E-state index in [9.17, 15) is 13.5 Å². The average Bonchev–Trinajstić information content (AvgIpc) is 2.89. The lowest BCUT2D eigenvalue weighted by atomic mass is 10.00. The summed E-state index contributed by atoms with van der Waals surface area (Å²) in [6.45, 7) is 0. The van der Waals surface area contributed by atoms with Gasteiger partial charge in [0.2, 0.25) is 0 Å². The first-order valence-corrected chi connectivity index (χ1v) is 8.53. The van der Waals surface area contributed by atoms with Crippen molar-refractivity contribution in [1.29, 1.82) is 0 Å². The van der Waals surface area contributed by atoms with E-state index in [-0.39, 0.29) is 10.9 Å². The van der Waals surface area contributed by atoms with Crippen LogP contribution in [0.25, 0.3) is 0 Å². The lowest BCUT2D eigenvalue weighted by molar-refractivity contribution is 0.156. The maximum Gasteiger partial charge on any atom is 0.175 e. The first-order valence-electron chi connectivity index (χ1n) is 6.63. The van der Waals surface area contributed by atoms with Crippen molar-refractivity contribution >= 4 is 15.7 Å².